The number of aromatic nitrogens is 2. The summed E-state index contributed by atoms with van der Waals surface area (Å²) in [7, 11) is 1.47. The fraction of sp³-hybridized carbons (Fsp3) is 0.324. The summed E-state index contributed by atoms with van der Waals surface area (Å²) in [5.74, 6) is -0.0862. The predicted octanol–water partition coefficient (Wildman–Crippen LogP) is 5.88. The monoisotopic (exact) mass is 752 g/mol. The molecule has 0 spiro atoms. The Labute approximate surface area is 311 Å². The first-order chi connectivity index (χ1) is 25.4. The average molecular weight is 753 g/mol. The summed E-state index contributed by atoms with van der Waals surface area (Å²) in [5, 5.41) is 11.8. The number of methoxy groups -OCH3 is 1. The van der Waals surface area contributed by atoms with Crippen LogP contribution in [-0.2, 0) is 23.8 Å². The molecular weight excluding hydrogens is 711 g/mol. The Morgan fingerprint density at radius 1 is 0.868 bits per heavy atom. The maximum absolute atomic E-state index is 13.6. The van der Waals surface area contributed by atoms with Gasteiger partial charge in [0.1, 0.15) is 23.6 Å². The number of benzene rings is 3. The molecule has 0 aliphatic rings. The van der Waals surface area contributed by atoms with E-state index in [1.54, 1.807) is 63.2 Å². The summed E-state index contributed by atoms with van der Waals surface area (Å²) in [6.45, 7) is 6.97. The molecule has 16 heteroatoms. The van der Waals surface area contributed by atoms with Gasteiger partial charge < -0.3 is 45.0 Å². The quantitative estimate of drug-likeness (QED) is 0.0707. The molecule has 1 heterocycles. The topological polar surface area (TPSA) is 171 Å². The number of anilines is 3. The van der Waals surface area contributed by atoms with Gasteiger partial charge in [-0.05, 0) is 80.9 Å². The zero-order valence-electron chi connectivity index (χ0n) is 29.8. The highest BCUT2D eigenvalue weighted by molar-refractivity contribution is 6.31. The van der Waals surface area contributed by atoms with Gasteiger partial charge in [0.25, 0.3) is 5.91 Å². The number of ether oxygens (including phenoxy) is 5. The molecule has 282 valence electrons. The summed E-state index contributed by atoms with van der Waals surface area (Å²) in [5.41, 5.74) is 1.77. The first kappa shape index (κ1) is 40.3. The van der Waals surface area contributed by atoms with Crippen LogP contribution in [0.5, 0.6) is 11.5 Å². The number of amides is 3. The van der Waals surface area contributed by atoms with Gasteiger partial charge in [-0.15, -0.1) is 0 Å². The van der Waals surface area contributed by atoms with Crippen LogP contribution in [0.2, 0.25) is 5.02 Å². The van der Waals surface area contributed by atoms with Crippen LogP contribution in [-0.4, -0.2) is 86.7 Å². The van der Waals surface area contributed by atoms with E-state index in [0.29, 0.717) is 71.5 Å². The lowest BCUT2D eigenvalue weighted by Crippen LogP contribution is -2.34. The Morgan fingerprint density at radius 2 is 1.60 bits per heavy atom. The number of hydrogen-bond acceptors (Lipinski definition) is 11. The Kier molecular flexibility index (Phi) is 15.1. The Bertz CT molecular complexity index is 1910. The molecule has 0 aliphatic heterocycles. The van der Waals surface area contributed by atoms with Gasteiger partial charge >= 0.3 is 6.09 Å². The first-order valence-electron chi connectivity index (χ1n) is 16.6. The van der Waals surface area contributed by atoms with Crippen molar-refractivity contribution in [1.29, 1.82) is 0 Å². The smallest absolute Gasteiger partial charge is 0.407 e. The number of carbonyl (C=O) groups is 3. The molecule has 4 N–H and O–H groups in total. The van der Waals surface area contributed by atoms with Crippen LogP contribution in [0.1, 0.15) is 26.3 Å². The third-order valence-corrected chi connectivity index (χ3v) is 7.20. The SMILES string of the molecule is COc1cc(C=CC(=O)Nc2ccc3ncnc(Nc4ccc(F)c(Cl)c4)c3c2)ccc1OCC(=O)NCCOCCOCCNC(=O)OC(C)(C)C. The molecule has 3 aromatic carbocycles. The number of fused-ring (bicyclic) bond motifs is 1. The molecule has 3 amide bonds. The maximum atomic E-state index is 13.6. The lowest BCUT2D eigenvalue weighted by Gasteiger charge is -2.19. The second-order valence-corrected chi connectivity index (χ2v) is 12.6. The minimum absolute atomic E-state index is 0.0295. The van der Waals surface area contributed by atoms with Crippen molar-refractivity contribution in [2.75, 3.05) is 63.9 Å². The Morgan fingerprint density at radius 3 is 2.32 bits per heavy atom. The summed E-state index contributed by atoms with van der Waals surface area (Å²) in [4.78, 5) is 45.2. The highest BCUT2D eigenvalue weighted by atomic mass is 35.5. The van der Waals surface area contributed by atoms with Crippen LogP contribution in [0.15, 0.2) is 67.0 Å². The van der Waals surface area contributed by atoms with Crippen LogP contribution in [0.25, 0.3) is 17.0 Å². The minimum Gasteiger partial charge on any atom is -0.493 e. The van der Waals surface area contributed by atoms with E-state index in [9.17, 15) is 18.8 Å². The molecule has 0 saturated heterocycles. The molecule has 0 saturated carbocycles. The molecule has 0 radical (unpaired) electrons. The molecule has 0 bridgehead atoms. The number of alkyl carbamates (subject to hydrolysis) is 1. The van der Waals surface area contributed by atoms with Crippen LogP contribution in [0.3, 0.4) is 0 Å². The van der Waals surface area contributed by atoms with Crippen LogP contribution >= 0.6 is 11.6 Å². The zero-order valence-corrected chi connectivity index (χ0v) is 30.6. The van der Waals surface area contributed by atoms with E-state index in [0.717, 1.165) is 0 Å². The normalized spacial score (nSPS) is 11.3. The van der Waals surface area contributed by atoms with Crippen LogP contribution in [0, 0.1) is 5.82 Å². The van der Waals surface area contributed by atoms with Crippen molar-refractivity contribution in [3.8, 4) is 11.5 Å². The predicted molar refractivity (Wildman–Crippen MR) is 199 cm³/mol. The van der Waals surface area contributed by atoms with Crippen molar-refractivity contribution in [3.63, 3.8) is 0 Å². The van der Waals surface area contributed by atoms with E-state index in [4.69, 9.17) is 35.3 Å². The number of nitrogens with zero attached hydrogens (tertiary/aromatic N) is 2. The maximum Gasteiger partial charge on any atom is 0.407 e. The van der Waals surface area contributed by atoms with Crippen molar-refractivity contribution in [2.45, 2.75) is 26.4 Å². The summed E-state index contributed by atoms with van der Waals surface area (Å²) < 4.78 is 40.6. The van der Waals surface area contributed by atoms with E-state index in [-0.39, 0.29) is 36.6 Å². The van der Waals surface area contributed by atoms with Gasteiger partial charge in [0.2, 0.25) is 5.91 Å². The molecule has 14 nitrogen and oxygen atoms in total. The van der Waals surface area contributed by atoms with Crippen molar-refractivity contribution >= 4 is 63.7 Å². The van der Waals surface area contributed by atoms with Gasteiger partial charge in [0.05, 0.1) is 44.1 Å². The molecule has 0 atom stereocenters. The standard InChI is InChI=1S/C37H42ClFN6O8/c1-37(2,3)53-36(48)41-14-16-51-18-17-50-15-13-40-34(47)22-52-31-11-5-24(19-32(31)49-4)6-12-33(46)44-25-8-10-30-27(20-25)35(43-23-42-30)45-26-7-9-29(39)28(38)21-26/h5-12,19-21,23H,13-18,22H2,1-4H3,(H,40,47)(H,41,48)(H,44,46)(H,42,43,45). The van der Waals surface area contributed by atoms with Crippen LogP contribution < -0.4 is 30.7 Å². The van der Waals surface area contributed by atoms with Gasteiger partial charge in [-0.2, -0.15) is 0 Å². The molecule has 1 aromatic heterocycles. The third-order valence-electron chi connectivity index (χ3n) is 6.91. The second kappa shape index (κ2) is 19.9. The fourth-order valence-corrected chi connectivity index (χ4v) is 4.71. The van der Waals surface area contributed by atoms with Gasteiger partial charge in [-0.3, -0.25) is 9.59 Å². The van der Waals surface area contributed by atoms with E-state index >= 15 is 0 Å². The van der Waals surface area contributed by atoms with E-state index in [1.165, 1.54) is 37.7 Å². The number of carbonyl (C=O) groups excluding carboxylic acids is 3. The third kappa shape index (κ3) is 13.9. The van der Waals surface area contributed by atoms with Gasteiger partial charge in [0.15, 0.2) is 18.1 Å². The second-order valence-electron chi connectivity index (χ2n) is 12.2. The summed E-state index contributed by atoms with van der Waals surface area (Å²) in [6, 6.07) is 14.4. The highest BCUT2D eigenvalue weighted by Gasteiger charge is 2.15. The highest BCUT2D eigenvalue weighted by Crippen LogP contribution is 2.29. The summed E-state index contributed by atoms with van der Waals surface area (Å²) >= 11 is 5.91. The van der Waals surface area contributed by atoms with Gasteiger partial charge in [0, 0.05) is 35.9 Å². The lowest BCUT2D eigenvalue weighted by atomic mass is 10.1. The lowest BCUT2D eigenvalue weighted by molar-refractivity contribution is -0.123. The van der Waals surface area contributed by atoms with Gasteiger partial charge in [-0.25, -0.2) is 19.2 Å². The number of nitrogens with one attached hydrogen (secondary N) is 4. The van der Waals surface area contributed by atoms with Crippen molar-refractivity contribution in [2.24, 2.45) is 0 Å². The average Bonchev–Trinajstić information content (AvgIpc) is 3.11. The molecule has 0 fully saturated rings. The molecule has 0 unspecified atom stereocenters. The zero-order chi connectivity index (χ0) is 38.2. The van der Waals surface area contributed by atoms with Crippen LogP contribution in [0.4, 0.5) is 26.4 Å². The summed E-state index contributed by atoms with van der Waals surface area (Å²) in [6.07, 6.45) is 3.87. The molecule has 53 heavy (non-hydrogen) atoms. The first-order valence-corrected chi connectivity index (χ1v) is 16.9. The molecular formula is C37H42ClFN6O8. The Balaban J connectivity index is 1.17. The largest absolute Gasteiger partial charge is 0.493 e. The molecule has 4 rings (SSSR count). The van der Waals surface area contributed by atoms with E-state index < -0.39 is 17.5 Å². The van der Waals surface area contributed by atoms with Crippen molar-refractivity contribution in [1.82, 2.24) is 20.6 Å². The molecule has 4 aromatic rings. The van der Waals surface area contributed by atoms with Gasteiger partial charge in [-0.1, -0.05) is 17.7 Å². The number of rotatable bonds is 18. The van der Waals surface area contributed by atoms with E-state index in [2.05, 4.69) is 31.2 Å². The Hall–Kier alpha value is -5.51. The fourth-order valence-electron chi connectivity index (χ4n) is 4.53. The van der Waals surface area contributed by atoms with E-state index in [1.807, 2.05) is 0 Å². The van der Waals surface area contributed by atoms with Crippen molar-refractivity contribution in [3.05, 3.63) is 83.4 Å². The van der Waals surface area contributed by atoms with Crippen molar-refractivity contribution < 1.29 is 42.5 Å². The number of halogens is 2. The molecule has 0 aliphatic carbocycles. The number of hydrogen-bond donors (Lipinski definition) is 4. The minimum atomic E-state index is -0.559.